The number of hydrogen-bond acceptors (Lipinski definition) is 3. The highest BCUT2D eigenvalue weighted by Gasteiger charge is 2.26. The molecule has 1 aliphatic rings. The summed E-state index contributed by atoms with van der Waals surface area (Å²) in [6.07, 6.45) is 0. The number of carbonyl (C=O) groups excluding carboxylic acids is 1. The van der Waals surface area contributed by atoms with Crippen LogP contribution in [0.2, 0.25) is 0 Å². The van der Waals surface area contributed by atoms with E-state index in [0.29, 0.717) is 6.61 Å². The van der Waals surface area contributed by atoms with Gasteiger partial charge in [-0.25, -0.2) is 0 Å². The second kappa shape index (κ2) is 3.93. The molecule has 15 heavy (non-hydrogen) atoms. The molecule has 0 saturated carbocycles. The summed E-state index contributed by atoms with van der Waals surface area (Å²) in [6, 6.07) is 7.47. The van der Waals surface area contributed by atoms with Crippen molar-refractivity contribution in [2.45, 2.75) is 19.9 Å². The lowest BCUT2D eigenvalue weighted by atomic mass is 10.0. The van der Waals surface area contributed by atoms with E-state index in [1.165, 1.54) is 0 Å². The number of nitrogens with one attached hydrogen (secondary N) is 1. The van der Waals surface area contributed by atoms with Crippen molar-refractivity contribution < 1.29 is 9.53 Å². The lowest BCUT2D eigenvalue weighted by Gasteiger charge is -2.27. The minimum atomic E-state index is -0.208. The number of rotatable bonds is 2. The molecule has 1 atom stereocenters. The first-order valence-corrected chi connectivity index (χ1v) is 5.20. The Morgan fingerprint density at radius 2 is 2.20 bits per heavy atom. The molecule has 1 aromatic rings. The molecule has 2 rings (SSSR count). The number of fused-ring (bicyclic) bond motifs is 1. The Morgan fingerprint density at radius 1 is 1.47 bits per heavy atom. The van der Waals surface area contributed by atoms with Crippen LogP contribution in [-0.2, 0) is 4.79 Å². The van der Waals surface area contributed by atoms with Gasteiger partial charge in [-0.1, -0.05) is 26.0 Å². The fourth-order valence-corrected chi connectivity index (χ4v) is 1.67. The van der Waals surface area contributed by atoms with Gasteiger partial charge in [-0.2, -0.15) is 0 Å². The van der Waals surface area contributed by atoms with Gasteiger partial charge in [-0.15, -0.1) is 0 Å². The van der Waals surface area contributed by atoms with Crippen LogP contribution in [0.4, 0.5) is 5.69 Å². The highest BCUT2D eigenvalue weighted by molar-refractivity contribution is 5.89. The first kappa shape index (κ1) is 10.0. The molecule has 0 fully saturated rings. The zero-order valence-electron chi connectivity index (χ0n) is 8.99. The predicted molar refractivity (Wildman–Crippen MR) is 59.2 cm³/mol. The van der Waals surface area contributed by atoms with E-state index in [9.17, 15) is 4.79 Å². The third kappa shape index (κ3) is 1.96. The molecule has 0 aromatic heterocycles. The van der Waals surface area contributed by atoms with Gasteiger partial charge < -0.3 is 10.1 Å². The zero-order valence-corrected chi connectivity index (χ0v) is 8.99. The van der Waals surface area contributed by atoms with Crippen LogP contribution in [0, 0.1) is 5.92 Å². The Bertz CT molecular complexity index is 374. The van der Waals surface area contributed by atoms with Crippen molar-refractivity contribution in [1.82, 2.24) is 0 Å². The minimum Gasteiger partial charge on any atom is -0.489 e. The Hall–Kier alpha value is -1.51. The molecule has 3 heteroatoms. The first-order valence-electron chi connectivity index (χ1n) is 5.20. The topological polar surface area (TPSA) is 38.3 Å². The minimum absolute atomic E-state index is 0.0383. The van der Waals surface area contributed by atoms with E-state index in [1.807, 2.05) is 38.1 Å². The zero-order chi connectivity index (χ0) is 10.8. The van der Waals surface area contributed by atoms with E-state index in [1.54, 1.807) is 0 Å². The Morgan fingerprint density at radius 3 is 2.93 bits per heavy atom. The van der Waals surface area contributed by atoms with Gasteiger partial charge in [0.25, 0.3) is 0 Å². The van der Waals surface area contributed by atoms with Crippen molar-refractivity contribution in [3.8, 4) is 5.75 Å². The van der Waals surface area contributed by atoms with Crippen LogP contribution in [-0.4, -0.2) is 18.4 Å². The van der Waals surface area contributed by atoms with Gasteiger partial charge in [0.05, 0.1) is 5.69 Å². The van der Waals surface area contributed by atoms with Crippen LogP contribution in [0.25, 0.3) is 0 Å². The summed E-state index contributed by atoms with van der Waals surface area (Å²) in [5.41, 5.74) is 0.905. The summed E-state index contributed by atoms with van der Waals surface area (Å²) in [5, 5.41) is 3.20. The van der Waals surface area contributed by atoms with Crippen molar-refractivity contribution in [3.63, 3.8) is 0 Å². The normalized spacial score (nSPS) is 19.0. The lowest BCUT2D eigenvalue weighted by Crippen LogP contribution is -2.40. The average molecular weight is 205 g/mol. The largest absolute Gasteiger partial charge is 0.489 e. The summed E-state index contributed by atoms with van der Waals surface area (Å²) < 4.78 is 5.52. The Kier molecular flexibility index (Phi) is 2.62. The summed E-state index contributed by atoms with van der Waals surface area (Å²) in [6.45, 7) is 4.24. The molecule has 0 bridgehead atoms. The summed E-state index contributed by atoms with van der Waals surface area (Å²) >= 11 is 0. The molecular weight excluding hydrogens is 190 g/mol. The van der Waals surface area contributed by atoms with Crippen LogP contribution in [0.15, 0.2) is 24.3 Å². The number of benzene rings is 1. The van der Waals surface area contributed by atoms with Gasteiger partial charge in [-0.3, -0.25) is 4.79 Å². The van der Waals surface area contributed by atoms with E-state index in [-0.39, 0.29) is 17.7 Å². The number of Topliss-reactive ketones (excluding diaryl/α,β-unsaturated/α-hetero) is 1. The van der Waals surface area contributed by atoms with Crippen LogP contribution < -0.4 is 10.1 Å². The van der Waals surface area contributed by atoms with Crippen molar-refractivity contribution in [3.05, 3.63) is 24.3 Å². The van der Waals surface area contributed by atoms with Crippen LogP contribution in [0.3, 0.4) is 0 Å². The second-order valence-corrected chi connectivity index (χ2v) is 4.06. The number of ether oxygens (including phenoxy) is 1. The SMILES string of the molecule is CC(C)C(=O)[C@@H]1COc2ccccc2N1. The number of carbonyl (C=O) groups is 1. The molecule has 3 nitrogen and oxygen atoms in total. The van der Waals surface area contributed by atoms with Gasteiger partial charge >= 0.3 is 0 Å². The van der Waals surface area contributed by atoms with E-state index < -0.39 is 0 Å². The smallest absolute Gasteiger partial charge is 0.161 e. The fraction of sp³-hybridized carbons (Fsp3) is 0.417. The monoisotopic (exact) mass is 205 g/mol. The van der Waals surface area contributed by atoms with Crippen molar-refractivity contribution in [2.75, 3.05) is 11.9 Å². The summed E-state index contributed by atoms with van der Waals surface area (Å²) in [5.74, 6) is 1.06. The number of para-hydroxylation sites is 2. The maximum Gasteiger partial charge on any atom is 0.161 e. The second-order valence-electron chi connectivity index (χ2n) is 4.06. The number of ketones is 1. The Labute approximate surface area is 89.4 Å². The predicted octanol–water partition coefficient (Wildman–Crippen LogP) is 2.08. The summed E-state index contributed by atoms with van der Waals surface area (Å²) in [7, 11) is 0. The van der Waals surface area contributed by atoms with Gasteiger partial charge in [0, 0.05) is 5.92 Å². The molecular formula is C12H15NO2. The molecule has 1 aliphatic heterocycles. The van der Waals surface area contributed by atoms with E-state index in [0.717, 1.165) is 11.4 Å². The van der Waals surface area contributed by atoms with Crippen LogP contribution >= 0.6 is 0 Å². The molecule has 0 amide bonds. The van der Waals surface area contributed by atoms with E-state index in [2.05, 4.69) is 5.32 Å². The molecule has 1 heterocycles. The average Bonchev–Trinajstić information content (AvgIpc) is 2.27. The molecule has 0 radical (unpaired) electrons. The van der Waals surface area contributed by atoms with Crippen molar-refractivity contribution in [1.29, 1.82) is 0 Å². The van der Waals surface area contributed by atoms with Crippen molar-refractivity contribution in [2.24, 2.45) is 5.92 Å². The molecule has 0 saturated heterocycles. The van der Waals surface area contributed by atoms with E-state index >= 15 is 0 Å². The quantitative estimate of drug-likeness (QED) is 0.803. The van der Waals surface area contributed by atoms with Crippen molar-refractivity contribution >= 4 is 11.5 Å². The van der Waals surface area contributed by atoms with Gasteiger partial charge in [0.1, 0.15) is 18.4 Å². The van der Waals surface area contributed by atoms with Crippen LogP contribution in [0.1, 0.15) is 13.8 Å². The highest BCUT2D eigenvalue weighted by atomic mass is 16.5. The molecule has 0 spiro atoms. The molecule has 0 unspecified atom stereocenters. The lowest BCUT2D eigenvalue weighted by molar-refractivity contribution is -0.123. The van der Waals surface area contributed by atoms with Gasteiger partial charge in [0.15, 0.2) is 5.78 Å². The van der Waals surface area contributed by atoms with Crippen LogP contribution in [0.5, 0.6) is 5.75 Å². The fourth-order valence-electron chi connectivity index (χ4n) is 1.67. The third-order valence-electron chi connectivity index (χ3n) is 2.53. The Balaban J connectivity index is 2.15. The molecule has 1 aromatic carbocycles. The van der Waals surface area contributed by atoms with Gasteiger partial charge in [0.2, 0.25) is 0 Å². The van der Waals surface area contributed by atoms with Gasteiger partial charge in [-0.05, 0) is 12.1 Å². The molecule has 0 aliphatic carbocycles. The maximum atomic E-state index is 11.8. The van der Waals surface area contributed by atoms with E-state index in [4.69, 9.17) is 4.74 Å². The molecule has 80 valence electrons. The maximum absolute atomic E-state index is 11.8. The number of hydrogen-bond donors (Lipinski definition) is 1. The highest BCUT2D eigenvalue weighted by Crippen LogP contribution is 2.28. The standard InChI is InChI=1S/C12H15NO2/c1-8(2)12(14)10-7-15-11-6-4-3-5-9(11)13-10/h3-6,8,10,13H,7H2,1-2H3/t10-/m0/s1. The molecule has 1 N–H and O–H groups in total. The third-order valence-corrected chi connectivity index (χ3v) is 2.53. The number of anilines is 1. The summed E-state index contributed by atoms with van der Waals surface area (Å²) in [4.78, 5) is 11.8. The first-order chi connectivity index (χ1) is 7.18.